The Morgan fingerprint density at radius 2 is 1.89 bits per heavy atom. The van der Waals surface area contributed by atoms with E-state index in [2.05, 4.69) is 41.5 Å². The van der Waals surface area contributed by atoms with Gasteiger partial charge >= 0.3 is 0 Å². The third-order valence-electron chi connectivity index (χ3n) is 5.80. The Balaban J connectivity index is 1.83. The molecule has 0 aromatic carbocycles. The lowest BCUT2D eigenvalue weighted by atomic mass is 9.98. The first-order valence-corrected chi connectivity index (χ1v) is 10.2. The van der Waals surface area contributed by atoms with Crippen molar-refractivity contribution in [2.75, 3.05) is 20.1 Å². The second kappa shape index (κ2) is 9.76. The van der Waals surface area contributed by atoms with Crippen molar-refractivity contribution in [1.82, 2.24) is 25.3 Å². The number of guanidine groups is 1. The largest absolute Gasteiger partial charge is 0.354 e. The first-order chi connectivity index (χ1) is 12.9. The molecule has 1 aliphatic rings. The highest BCUT2D eigenvalue weighted by molar-refractivity contribution is 5.80. The standard InChI is InChI=1S/C20H36N6O/c1-7-16(8-2)19(27)26-11-9-17(10-12-26)23-20(21-5)22-13-18-14(3)24-25(6)15(18)4/h16-17H,7-13H2,1-6H3,(H2,21,22,23). The number of carbonyl (C=O) groups excluding carboxylic acids is 1. The summed E-state index contributed by atoms with van der Waals surface area (Å²) in [6.45, 7) is 10.7. The van der Waals surface area contributed by atoms with Crippen LogP contribution in [-0.4, -0.2) is 52.7 Å². The summed E-state index contributed by atoms with van der Waals surface area (Å²) in [5, 5.41) is 11.4. The molecule has 0 unspecified atom stereocenters. The highest BCUT2D eigenvalue weighted by Gasteiger charge is 2.26. The van der Waals surface area contributed by atoms with E-state index in [0.29, 0.717) is 18.5 Å². The van der Waals surface area contributed by atoms with Gasteiger partial charge in [-0.1, -0.05) is 13.8 Å². The monoisotopic (exact) mass is 376 g/mol. The topological polar surface area (TPSA) is 74.6 Å². The molecule has 0 aliphatic carbocycles. The van der Waals surface area contributed by atoms with Crippen LogP contribution >= 0.6 is 0 Å². The van der Waals surface area contributed by atoms with Crippen molar-refractivity contribution < 1.29 is 4.79 Å². The average Bonchev–Trinajstić information content (AvgIpc) is 2.91. The van der Waals surface area contributed by atoms with Crippen LogP contribution in [0.15, 0.2) is 4.99 Å². The molecule has 2 N–H and O–H groups in total. The summed E-state index contributed by atoms with van der Waals surface area (Å²) in [4.78, 5) is 18.9. The summed E-state index contributed by atoms with van der Waals surface area (Å²) in [5.74, 6) is 1.31. The molecule has 0 radical (unpaired) electrons. The minimum atomic E-state index is 0.176. The fraction of sp³-hybridized carbons (Fsp3) is 0.750. The predicted molar refractivity (Wildman–Crippen MR) is 110 cm³/mol. The van der Waals surface area contributed by atoms with Crippen molar-refractivity contribution in [2.24, 2.45) is 18.0 Å². The van der Waals surface area contributed by atoms with Gasteiger partial charge < -0.3 is 15.5 Å². The Bertz CT molecular complexity index is 654. The molecular weight excluding hydrogens is 340 g/mol. The van der Waals surface area contributed by atoms with Crippen molar-refractivity contribution in [3.8, 4) is 0 Å². The van der Waals surface area contributed by atoms with E-state index in [0.717, 1.165) is 50.4 Å². The molecule has 0 spiro atoms. The van der Waals surface area contributed by atoms with Crippen LogP contribution in [0.25, 0.3) is 0 Å². The smallest absolute Gasteiger partial charge is 0.225 e. The first kappa shape index (κ1) is 21.3. The zero-order valence-electron chi connectivity index (χ0n) is 17.8. The minimum absolute atomic E-state index is 0.176. The highest BCUT2D eigenvalue weighted by Crippen LogP contribution is 2.17. The van der Waals surface area contributed by atoms with Gasteiger partial charge in [-0.3, -0.25) is 14.5 Å². The van der Waals surface area contributed by atoms with Crippen LogP contribution in [0.5, 0.6) is 0 Å². The SMILES string of the molecule is CCC(CC)C(=O)N1CCC(NC(=NC)NCc2c(C)nn(C)c2C)CC1. The summed E-state index contributed by atoms with van der Waals surface area (Å²) in [6, 6.07) is 0.345. The van der Waals surface area contributed by atoms with Gasteiger partial charge in [0.15, 0.2) is 5.96 Å². The molecule has 2 heterocycles. The number of likely N-dealkylation sites (tertiary alicyclic amines) is 1. The molecule has 1 saturated heterocycles. The summed E-state index contributed by atoms with van der Waals surface area (Å²) < 4.78 is 1.91. The van der Waals surface area contributed by atoms with E-state index in [1.165, 1.54) is 11.3 Å². The van der Waals surface area contributed by atoms with Crippen LogP contribution in [0.4, 0.5) is 0 Å². The van der Waals surface area contributed by atoms with Gasteiger partial charge in [0.05, 0.1) is 5.69 Å². The van der Waals surface area contributed by atoms with Crippen molar-refractivity contribution in [1.29, 1.82) is 0 Å². The quantitative estimate of drug-likeness (QED) is 0.589. The second-order valence-corrected chi connectivity index (χ2v) is 7.46. The van der Waals surface area contributed by atoms with E-state index in [4.69, 9.17) is 0 Å². The van der Waals surface area contributed by atoms with Crippen LogP contribution in [0.3, 0.4) is 0 Å². The number of amides is 1. The zero-order valence-corrected chi connectivity index (χ0v) is 17.8. The van der Waals surface area contributed by atoms with Gasteiger partial charge in [-0.05, 0) is 39.5 Å². The van der Waals surface area contributed by atoms with Crippen molar-refractivity contribution in [2.45, 2.75) is 66.0 Å². The molecule has 2 rings (SSSR count). The number of aryl methyl sites for hydroxylation is 2. The number of rotatable bonds is 6. The normalized spacial score (nSPS) is 16.1. The molecule has 7 nitrogen and oxygen atoms in total. The molecule has 0 atom stereocenters. The lowest BCUT2D eigenvalue weighted by Crippen LogP contribution is -2.50. The van der Waals surface area contributed by atoms with Gasteiger partial charge in [-0.25, -0.2) is 0 Å². The Labute approximate surface area is 163 Å². The van der Waals surface area contributed by atoms with Crippen LogP contribution in [-0.2, 0) is 18.4 Å². The molecule has 7 heteroatoms. The zero-order chi connectivity index (χ0) is 20.0. The molecule has 0 saturated carbocycles. The predicted octanol–water partition coefficient (Wildman–Crippen LogP) is 2.13. The Morgan fingerprint density at radius 1 is 1.26 bits per heavy atom. The summed E-state index contributed by atoms with van der Waals surface area (Å²) in [6.07, 6.45) is 3.77. The summed E-state index contributed by atoms with van der Waals surface area (Å²) in [5.41, 5.74) is 3.43. The van der Waals surface area contributed by atoms with Gasteiger partial charge in [-0.15, -0.1) is 0 Å². The number of carbonyl (C=O) groups is 1. The van der Waals surface area contributed by atoms with Gasteiger partial charge in [0, 0.05) is 56.9 Å². The second-order valence-electron chi connectivity index (χ2n) is 7.46. The number of nitrogens with zero attached hydrogens (tertiary/aromatic N) is 4. The molecule has 1 aliphatic heterocycles. The molecule has 0 bridgehead atoms. The average molecular weight is 377 g/mol. The third kappa shape index (κ3) is 5.23. The number of hydrogen-bond acceptors (Lipinski definition) is 3. The van der Waals surface area contributed by atoms with Crippen molar-refractivity contribution in [3.05, 3.63) is 17.0 Å². The first-order valence-electron chi connectivity index (χ1n) is 10.2. The van der Waals surface area contributed by atoms with E-state index in [-0.39, 0.29) is 5.92 Å². The highest BCUT2D eigenvalue weighted by atomic mass is 16.2. The number of aliphatic imine (C=N–C) groups is 1. The summed E-state index contributed by atoms with van der Waals surface area (Å²) >= 11 is 0. The molecule has 1 aromatic heterocycles. The maximum absolute atomic E-state index is 12.5. The lowest BCUT2D eigenvalue weighted by molar-refractivity contribution is -0.136. The molecule has 1 amide bonds. The van der Waals surface area contributed by atoms with Crippen LogP contribution in [0.2, 0.25) is 0 Å². The molecule has 27 heavy (non-hydrogen) atoms. The van der Waals surface area contributed by atoms with Gasteiger partial charge in [0.25, 0.3) is 0 Å². The Hall–Kier alpha value is -2.05. The van der Waals surface area contributed by atoms with E-state index in [9.17, 15) is 4.79 Å². The van der Waals surface area contributed by atoms with E-state index < -0.39 is 0 Å². The fourth-order valence-electron chi connectivity index (χ4n) is 3.77. The third-order valence-corrected chi connectivity index (χ3v) is 5.80. The molecule has 1 aromatic rings. The van der Waals surface area contributed by atoms with Crippen molar-refractivity contribution >= 4 is 11.9 Å². The van der Waals surface area contributed by atoms with E-state index in [1.54, 1.807) is 7.05 Å². The number of aromatic nitrogens is 2. The maximum atomic E-state index is 12.5. The molecule has 152 valence electrons. The number of nitrogens with one attached hydrogen (secondary N) is 2. The van der Waals surface area contributed by atoms with Crippen LogP contribution in [0.1, 0.15) is 56.5 Å². The van der Waals surface area contributed by atoms with Gasteiger partial charge in [-0.2, -0.15) is 5.10 Å². The minimum Gasteiger partial charge on any atom is -0.354 e. The maximum Gasteiger partial charge on any atom is 0.225 e. The van der Waals surface area contributed by atoms with E-state index in [1.807, 2.05) is 23.6 Å². The summed E-state index contributed by atoms with van der Waals surface area (Å²) in [7, 11) is 3.76. The van der Waals surface area contributed by atoms with Gasteiger partial charge in [0.2, 0.25) is 5.91 Å². The Morgan fingerprint density at radius 3 is 2.37 bits per heavy atom. The van der Waals surface area contributed by atoms with E-state index >= 15 is 0 Å². The molecular formula is C20H36N6O. The van der Waals surface area contributed by atoms with Gasteiger partial charge in [0.1, 0.15) is 0 Å². The van der Waals surface area contributed by atoms with Crippen LogP contribution < -0.4 is 10.6 Å². The molecule has 1 fully saturated rings. The fourth-order valence-corrected chi connectivity index (χ4v) is 3.77. The number of hydrogen-bond donors (Lipinski definition) is 2. The van der Waals surface area contributed by atoms with Crippen molar-refractivity contribution in [3.63, 3.8) is 0 Å². The van der Waals surface area contributed by atoms with Crippen LogP contribution in [0, 0.1) is 19.8 Å². The number of piperidine rings is 1. The Kier molecular flexibility index (Phi) is 7.68. The lowest BCUT2D eigenvalue weighted by Gasteiger charge is -2.34.